The Morgan fingerprint density at radius 1 is 0.507 bits per heavy atom. The lowest BCUT2D eigenvalue weighted by atomic mass is 9.62. The average Bonchev–Trinajstić information content (AvgIpc) is 3.72. The summed E-state index contributed by atoms with van der Waals surface area (Å²) >= 11 is 0. The van der Waals surface area contributed by atoms with Gasteiger partial charge in [0.05, 0.1) is 28.0 Å². The molecule has 1 aliphatic carbocycles. The second kappa shape index (κ2) is 16.4. The van der Waals surface area contributed by atoms with Crippen LogP contribution in [0.25, 0.3) is 72.7 Å². The molecule has 4 heteroatoms. The summed E-state index contributed by atoms with van der Waals surface area (Å²) in [6, 6.07) is 60.9. The molecule has 4 nitrogen and oxygen atoms in total. The lowest BCUT2D eigenvalue weighted by Gasteiger charge is -2.42. The highest BCUT2D eigenvalue weighted by atomic mass is 16.3. The van der Waals surface area contributed by atoms with Crippen molar-refractivity contribution in [2.45, 2.75) is 96.8 Å². The van der Waals surface area contributed by atoms with Crippen LogP contribution in [0.1, 0.15) is 103 Å². The Bertz CT molecular complexity index is 3290. The molecule has 0 unspecified atom stereocenters. The molecule has 10 rings (SSSR count). The van der Waals surface area contributed by atoms with Crippen LogP contribution in [-0.4, -0.2) is 19.6 Å². The monoisotopic (exact) mass is 875 g/mol. The lowest BCUT2D eigenvalue weighted by Crippen LogP contribution is -2.34. The van der Waals surface area contributed by atoms with E-state index in [0.29, 0.717) is 11.6 Å². The van der Waals surface area contributed by atoms with Crippen molar-refractivity contribution in [3.63, 3.8) is 0 Å². The summed E-state index contributed by atoms with van der Waals surface area (Å²) < 4.78 is 2.27. The van der Waals surface area contributed by atoms with Crippen molar-refractivity contribution < 1.29 is 5.11 Å². The molecule has 0 fully saturated rings. The van der Waals surface area contributed by atoms with E-state index >= 15 is 0 Å². The number of aromatic nitrogens is 3. The fourth-order valence-electron chi connectivity index (χ4n) is 10.4. The summed E-state index contributed by atoms with van der Waals surface area (Å²) in [5.41, 5.74) is 17.6. The van der Waals surface area contributed by atoms with Gasteiger partial charge in [-0.15, -0.1) is 0 Å². The van der Waals surface area contributed by atoms with Gasteiger partial charge in [0.2, 0.25) is 0 Å². The maximum Gasteiger partial charge on any atom is 0.149 e. The minimum Gasteiger partial charge on any atom is -0.507 e. The minimum absolute atomic E-state index is 0.0530. The number of hydrogen-bond donors (Lipinski definition) is 1. The molecule has 0 amide bonds. The van der Waals surface area contributed by atoms with Gasteiger partial charge in [-0.3, -0.25) is 9.55 Å². The third-order valence-electron chi connectivity index (χ3n) is 14.7. The van der Waals surface area contributed by atoms with Gasteiger partial charge in [-0.2, -0.15) is 0 Å². The third kappa shape index (κ3) is 7.86. The van der Waals surface area contributed by atoms with Crippen LogP contribution < -0.4 is 0 Å². The molecule has 2 aromatic heterocycles. The molecule has 0 saturated heterocycles. The van der Waals surface area contributed by atoms with Crippen LogP contribution in [0.4, 0.5) is 0 Å². The Morgan fingerprint density at radius 2 is 1.15 bits per heavy atom. The number of phenolic OH excluding ortho intramolecular Hbond substituents is 1. The molecule has 0 radical (unpaired) electrons. The zero-order valence-corrected chi connectivity index (χ0v) is 40.4. The number of para-hydroxylation sites is 2. The van der Waals surface area contributed by atoms with E-state index < -0.39 is 0 Å². The van der Waals surface area contributed by atoms with Crippen molar-refractivity contribution in [3.05, 3.63) is 204 Å². The van der Waals surface area contributed by atoms with Crippen molar-refractivity contribution in [2.75, 3.05) is 0 Å². The smallest absolute Gasteiger partial charge is 0.149 e. The molecular formula is C63H61N3O. The second-order valence-corrected chi connectivity index (χ2v) is 21.5. The van der Waals surface area contributed by atoms with Gasteiger partial charge in [-0.25, -0.2) is 4.98 Å². The normalized spacial score (nSPS) is 14.5. The van der Waals surface area contributed by atoms with Crippen LogP contribution in [-0.2, 0) is 21.7 Å². The molecule has 7 aromatic carbocycles. The van der Waals surface area contributed by atoms with Crippen LogP contribution in [0, 0.1) is 0 Å². The highest BCUT2D eigenvalue weighted by Gasteiger charge is 2.40. The summed E-state index contributed by atoms with van der Waals surface area (Å²) in [6.07, 6.45) is 3.99. The van der Waals surface area contributed by atoms with Gasteiger partial charge in [-0.05, 0) is 116 Å². The van der Waals surface area contributed by atoms with Gasteiger partial charge in [0.1, 0.15) is 11.6 Å². The summed E-state index contributed by atoms with van der Waals surface area (Å²) in [7, 11) is 0. The van der Waals surface area contributed by atoms with E-state index in [1.165, 1.54) is 22.3 Å². The Kier molecular flexibility index (Phi) is 10.7. The van der Waals surface area contributed by atoms with E-state index in [1.54, 1.807) is 0 Å². The Labute approximate surface area is 397 Å². The molecule has 0 bridgehead atoms. The van der Waals surface area contributed by atoms with Gasteiger partial charge in [-0.1, -0.05) is 190 Å². The number of aromatic hydroxyl groups is 1. The molecule has 1 aliphatic rings. The molecule has 334 valence electrons. The first-order valence-electron chi connectivity index (χ1n) is 23.8. The molecule has 0 spiro atoms. The molecule has 2 heterocycles. The Balaban J connectivity index is 1.15. The van der Waals surface area contributed by atoms with Gasteiger partial charge >= 0.3 is 0 Å². The maximum atomic E-state index is 12.7. The standard InChI is InChI=1S/C63H61N3O/c1-60(2,3)48-38-44(37-45(39-48)53-40-43(33-36-64-53)41-27-29-47(30-28-41)63(8,9)46-21-14-11-15-22-46)50-24-18-26-55-57(50)65-59(66(55)54-25-17-16-23-49(54)42-19-12-10-13-20-42)51-31-32-52-56(58(51)67)62(6,7)35-34-61(52,4)5/h10-33,36-40,67H,34-35H2,1-9H3. The number of hydrogen-bond acceptors (Lipinski definition) is 3. The van der Waals surface area contributed by atoms with Crippen LogP contribution >= 0.6 is 0 Å². The zero-order valence-electron chi connectivity index (χ0n) is 40.4. The molecule has 0 aliphatic heterocycles. The van der Waals surface area contributed by atoms with E-state index in [-0.39, 0.29) is 21.7 Å². The van der Waals surface area contributed by atoms with Crippen LogP contribution in [0.3, 0.4) is 0 Å². The fourth-order valence-corrected chi connectivity index (χ4v) is 10.4. The summed E-state index contributed by atoms with van der Waals surface area (Å²) in [4.78, 5) is 10.7. The highest BCUT2D eigenvalue weighted by molar-refractivity contribution is 5.98. The molecule has 67 heavy (non-hydrogen) atoms. The summed E-state index contributed by atoms with van der Waals surface area (Å²) in [5.74, 6) is 1.04. The van der Waals surface area contributed by atoms with Gasteiger partial charge in [0.25, 0.3) is 0 Å². The highest BCUT2D eigenvalue weighted by Crippen LogP contribution is 2.52. The van der Waals surface area contributed by atoms with E-state index in [1.807, 2.05) is 6.20 Å². The number of fused-ring (bicyclic) bond motifs is 2. The van der Waals surface area contributed by atoms with E-state index in [9.17, 15) is 5.11 Å². The number of rotatable bonds is 8. The third-order valence-corrected chi connectivity index (χ3v) is 14.7. The van der Waals surface area contributed by atoms with Gasteiger partial charge in [0, 0.05) is 33.9 Å². The average molecular weight is 876 g/mol. The largest absolute Gasteiger partial charge is 0.507 e. The molecule has 0 atom stereocenters. The van der Waals surface area contributed by atoms with E-state index in [2.05, 4.69) is 237 Å². The van der Waals surface area contributed by atoms with Crippen LogP contribution in [0.5, 0.6) is 5.75 Å². The van der Waals surface area contributed by atoms with Crippen molar-refractivity contribution in [1.82, 2.24) is 14.5 Å². The van der Waals surface area contributed by atoms with Crippen LogP contribution in [0.15, 0.2) is 176 Å². The topological polar surface area (TPSA) is 50.9 Å². The molecule has 9 aromatic rings. The first-order chi connectivity index (χ1) is 32.0. The number of benzene rings is 7. The number of pyridine rings is 1. The number of phenols is 1. The number of nitrogens with zero attached hydrogens (tertiary/aromatic N) is 3. The molecule has 0 saturated carbocycles. The quantitative estimate of drug-likeness (QED) is 0.165. The molecule has 1 N–H and O–H groups in total. The van der Waals surface area contributed by atoms with Gasteiger partial charge < -0.3 is 5.11 Å². The molecular weight excluding hydrogens is 815 g/mol. The summed E-state index contributed by atoms with van der Waals surface area (Å²) in [6.45, 7) is 20.5. The lowest BCUT2D eigenvalue weighted by molar-refractivity contribution is 0.318. The number of imidazole rings is 1. The Hall–Kier alpha value is -7.04. The Morgan fingerprint density at radius 3 is 1.88 bits per heavy atom. The second-order valence-electron chi connectivity index (χ2n) is 21.5. The van der Waals surface area contributed by atoms with E-state index in [4.69, 9.17) is 9.97 Å². The van der Waals surface area contributed by atoms with Gasteiger partial charge in [0.15, 0.2) is 0 Å². The van der Waals surface area contributed by atoms with Crippen molar-refractivity contribution >= 4 is 11.0 Å². The first kappa shape index (κ1) is 43.8. The minimum atomic E-state index is -0.202. The van der Waals surface area contributed by atoms with Crippen molar-refractivity contribution in [2.24, 2.45) is 0 Å². The maximum absolute atomic E-state index is 12.7. The van der Waals surface area contributed by atoms with Crippen LogP contribution in [0.2, 0.25) is 0 Å². The van der Waals surface area contributed by atoms with Crippen molar-refractivity contribution in [1.29, 1.82) is 0 Å². The zero-order chi connectivity index (χ0) is 46.9. The van der Waals surface area contributed by atoms with Crippen molar-refractivity contribution in [3.8, 4) is 67.5 Å². The SMILES string of the molecule is CC(C)(C)c1cc(-c2cc(-c3ccc(C(C)(C)c4ccccc4)cc3)ccn2)cc(-c2cccc3c2nc(-c2ccc4c(c2O)C(C)(C)CCC4(C)C)n3-c2ccccc2-c2ccccc2)c1. The fraction of sp³-hybridized carbons (Fsp3) is 0.238. The van der Waals surface area contributed by atoms with E-state index in [0.717, 1.165) is 85.3 Å². The predicted molar refractivity (Wildman–Crippen MR) is 280 cm³/mol. The summed E-state index contributed by atoms with van der Waals surface area (Å²) in [5, 5.41) is 12.7. The predicted octanol–water partition coefficient (Wildman–Crippen LogP) is 16.4. The first-order valence-corrected chi connectivity index (χ1v) is 23.8.